The van der Waals surface area contributed by atoms with Crippen molar-refractivity contribution in [2.45, 2.75) is 26.2 Å². The summed E-state index contributed by atoms with van der Waals surface area (Å²) in [6.07, 6.45) is 3.48. The summed E-state index contributed by atoms with van der Waals surface area (Å²) in [6.45, 7) is 9.06. The molecule has 3 aromatic carbocycles. The maximum atomic E-state index is 12.7. The van der Waals surface area contributed by atoms with Gasteiger partial charge >= 0.3 is 0 Å². The van der Waals surface area contributed by atoms with Crippen molar-refractivity contribution in [1.29, 1.82) is 0 Å². The molecule has 0 radical (unpaired) electrons. The van der Waals surface area contributed by atoms with E-state index in [0.29, 0.717) is 42.5 Å². The third-order valence-electron chi connectivity index (χ3n) is 6.37. The lowest BCUT2D eigenvalue weighted by Gasteiger charge is -2.36. The summed E-state index contributed by atoms with van der Waals surface area (Å²) in [5.41, 5.74) is 4.37. The number of anilines is 2. The number of piperazine rings is 1. The van der Waals surface area contributed by atoms with E-state index in [4.69, 9.17) is 11.6 Å². The molecule has 1 saturated heterocycles. The maximum Gasteiger partial charge on any atom is 0.255 e. The fraction of sp³-hybridized carbons (Fsp3) is 0.267. The van der Waals surface area contributed by atoms with Crippen LogP contribution in [-0.4, -0.2) is 42.9 Å². The van der Waals surface area contributed by atoms with Gasteiger partial charge in [-0.2, -0.15) is 0 Å². The molecule has 1 aliphatic rings. The monoisotopic (exact) mass is 501 g/mol. The fourth-order valence-electron chi connectivity index (χ4n) is 4.17. The molecule has 1 fully saturated rings. The van der Waals surface area contributed by atoms with Crippen molar-refractivity contribution in [1.82, 2.24) is 4.90 Å². The summed E-state index contributed by atoms with van der Waals surface area (Å²) >= 11 is 6.59. The molecule has 0 aliphatic carbocycles. The van der Waals surface area contributed by atoms with Crippen molar-refractivity contribution in [2.75, 3.05) is 36.4 Å². The van der Waals surface area contributed by atoms with Crippen LogP contribution in [-0.2, 0) is 10.2 Å². The van der Waals surface area contributed by atoms with E-state index in [0.717, 1.165) is 11.3 Å². The molecule has 0 saturated carbocycles. The molecule has 4 rings (SSSR count). The van der Waals surface area contributed by atoms with Gasteiger partial charge in [0.25, 0.3) is 5.91 Å². The number of rotatable bonds is 5. The molecule has 1 heterocycles. The van der Waals surface area contributed by atoms with Gasteiger partial charge in [-0.15, -0.1) is 0 Å². The van der Waals surface area contributed by atoms with Gasteiger partial charge in [0.15, 0.2) is 0 Å². The lowest BCUT2D eigenvalue weighted by molar-refractivity contribution is -0.126. The lowest BCUT2D eigenvalue weighted by atomic mass is 9.87. The second-order valence-electron chi connectivity index (χ2n) is 10.0. The first kappa shape index (κ1) is 25.5. The van der Waals surface area contributed by atoms with Gasteiger partial charge in [0.1, 0.15) is 0 Å². The van der Waals surface area contributed by atoms with Gasteiger partial charge in [0.05, 0.1) is 10.7 Å². The van der Waals surface area contributed by atoms with E-state index < -0.39 is 0 Å². The van der Waals surface area contributed by atoms with Crippen molar-refractivity contribution < 1.29 is 9.59 Å². The third kappa shape index (κ3) is 6.35. The minimum Gasteiger partial charge on any atom is -0.367 e. The molecule has 0 bridgehead atoms. The van der Waals surface area contributed by atoms with E-state index in [1.54, 1.807) is 12.1 Å². The zero-order chi connectivity index (χ0) is 25.7. The van der Waals surface area contributed by atoms with Crippen molar-refractivity contribution in [2.24, 2.45) is 0 Å². The van der Waals surface area contributed by atoms with Crippen LogP contribution >= 0.6 is 11.6 Å². The van der Waals surface area contributed by atoms with Crippen molar-refractivity contribution >= 4 is 40.9 Å². The molecule has 5 nitrogen and oxygen atoms in total. The van der Waals surface area contributed by atoms with Gasteiger partial charge in [-0.25, -0.2) is 0 Å². The summed E-state index contributed by atoms with van der Waals surface area (Å²) in [4.78, 5) is 29.3. The Labute approximate surface area is 218 Å². The van der Waals surface area contributed by atoms with Crippen LogP contribution in [0, 0.1) is 0 Å². The van der Waals surface area contributed by atoms with Gasteiger partial charge in [0, 0.05) is 43.5 Å². The first-order valence-electron chi connectivity index (χ1n) is 12.2. The Morgan fingerprint density at radius 1 is 0.889 bits per heavy atom. The van der Waals surface area contributed by atoms with Gasteiger partial charge < -0.3 is 15.1 Å². The molecule has 0 unspecified atom stereocenters. The number of hydrogen-bond acceptors (Lipinski definition) is 3. The van der Waals surface area contributed by atoms with Crippen LogP contribution in [0.1, 0.15) is 42.3 Å². The van der Waals surface area contributed by atoms with Gasteiger partial charge in [-0.05, 0) is 52.9 Å². The van der Waals surface area contributed by atoms with Crippen molar-refractivity contribution in [3.8, 4) is 0 Å². The molecule has 0 spiro atoms. The molecule has 186 valence electrons. The van der Waals surface area contributed by atoms with E-state index >= 15 is 0 Å². The largest absolute Gasteiger partial charge is 0.367 e. The van der Waals surface area contributed by atoms with Gasteiger partial charge in [-0.3, -0.25) is 9.59 Å². The van der Waals surface area contributed by atoms with Crippen LogP contribution in [0.15, 0.2) is 78.9 Å². The minimum absolute atomic E-state index is 0.0122. The van der Waals surface area contributed by atoms with E-state index in [1.807, 2.05) is 77.7 Å². The maximum absolute atomic E-state index is 12.7. The molecule has 6 heteroatoms. The van der Waals surface area contributed by atoms with Gasteiger partial charge in [-0.1, -0.05) is 74.8 Å². The predicted molar refractivity (Wildman–Crippen MR) is 149 cm³/mol. The second kappa shape index (κ2) is 11.0. The number of benzene rings is 3. The summed E-state index contributed by atoms with van der Waals surface area (Å²) in [5, 5.41) is 3.50. The zero-order valence-electron chi connectivity index (χ0n) is 21.0. The SMILES string of the molecule is CC(C)(C)c1ccc(C(=O)Nc2ccc(N3CCN(C(=O)/C=C/c4ccccc4)CC3)c(Cl)c2)cc1. The molecular weight excluding hydrogens is 470 g/mol. The molecular formula is C30H32ClN3O2. The summed E-state index contributed by atoms with van der Waals surface area (Å²) < 4.78 is 0. The first-order chi connectivity index (χ1) is 17.2. The van der Waals surface area contributed by atoms with Crippen LogP contribution in [0.2, 0.25) is 5.02 Å². The Morgan fingerprint density at radius 2 is 1.56 bits per heavy atom. The molecule has 1 N–H and O–H groups in total. The number of halogens is 1. The van der Waals surface area contributed by atoms with Crippen LogP contribution in [0.3, 0.4) is 0 Å². The summed E-state index contributed by atoms with van der Waals surface area (Å²) in [6, 6.07) is 23.0. The quantitative estimate of drug-likeness (QED) is 0.420. The average molecular weight is 502 g/mol. The van der Waals surface area contributed by atoms with Gasteiger partial charge in [0.2, 0.25) is 5.91 Å². The molecule has 36 heavy (non-hydrogen) atoms. The highest BCUT2D eigenvalue weighted by atomic mass is 35.5. The second-order valence-corrected chi connectivity index (χ2v) is 10.4. The van der Waals surface area contributed by atoms with E-state index in [1.165, 1.54) is 5.56 Å². The molecule has 0 aromatic heterocycles. The number of carbonyl (C=O) groups excluding carboxylic acids is 2. The minimum atomic E-state index is -0.171. The Kier molecular flexibility index (Phi) is 7.80. The first-order valence-corrected chi connectivity index (χ1v) is 12.6. The Hall–Kier alpha value is -3.57. The van der Waals surface area contributed by atoms with Crippen LogP contribution in [0.25, 0.3) is 6.08 Å². The number of nitrogens with one attached hydrogen (secondary N) is 1. The van der Waals surface area contributed by atoms with Crippen molar-refractivity contribution in [3.63, 3.8) is 0 Å². The molecule has 1 aliphatic heterocycles. The number of nitrogens with zero attached hydrogens (tertiary/aromatic N) is 2. The van der Waals surface area contributed by atoms with Crippen LogP contribution in [0.5, 0.6) is 0 Å². The number of hydrogen-bond donors (Lipinski definition) is 1. The molecule has 0 atom stereocenters. The average Bonchev–Trinajstić information content (AvgIpc) is 2.88. The predicted octanol–water partition coefficient (Wildman–Crippen LogP) is 6.25. The normalized spacial score (nSPS) is 14.2. The van der Waals surface area contributed by atoms with Crippen molar-refractivity contribution in [3.05, 3.63) is 101 Å². The van der Waals surface area contributed by atoms with E-state index in [2.05, 4.69) is 31.0 Å². The topological polar surface area (TPSA) is 52.7 Å². The highest BCUT2D eigenvalue weighted by molar-refractivity contribution is 6.33. The highest BCUT2D eigenvalue weighted by Crippen LogP contribution is 2.30. The summed E-state index contributed by atoms with van der Waals surface area (Å²) in [7, 11) is 0. The lowest BCUT2D eigenvalue weighted by Crippen LogP contribution is -2.48. The fourth-order valence-corrected chi connectivity index (χ4v) is 4.47. The molecule has 2 amide bonds. The molecule has 3 aromatic rings. The highest BCUT2D eigenvalue weighted by Gasteiger charge is 2.21. The van der Waals surface area contributed by atoms with Crippen LogP contribution in [0.4, 0.5) is 11.4 Å². The number of carbonyl (C=O) groups is 2. The third-order valence-corrected chi connectivity index (χ3v) is 6.67. The Morgan fingerprint density at radius 3 is 2.17 bits per heavy atom. The smallest absolute Gasteiger partial charge is 0.255 e. The Bertz CT molecular complexity index is 1240. The Balaban J connectivity index is 1.33. The summed E-state index contributed by atoms with van der Waals surface area (Å²) in [5.74, 6) is -0.159. The standard InChI is InChI=1S/C30H32ClN3O2/c1-30(2,3)24-12-10-23(11-13-24)29(36)32-25-14-15-27(26(31)21-25)33-17-19-34(20-18-33)28(35)16-9-22-7-5-4-6-8-22/h4-16,21H,17-20H2,1-3H3,(H,32,36)/b16-9+. The number of amides is 2. The van der Waals surface area contributed by atoms with Crippen LogP contribution < -0.4 is 10.2 Å². The van der Waals surface area contributed by atoms with E-state index in [-0.39, 0.29) is 17.2 Å². The van der Waals surface area contributed by atoms with E-state index in [9.17, 15) is 9.59 Å². The zero-order valence-corrected chi connectivity index (χ0v) is 21.8.